The minimum atomic E-state index is -0.132. The Bertz CT molecular complexity index is 218. The van der Waals surface area contributed by atoms with Gasteiger partial charge in [-0.1, -0.05) is 0 Å². The number of ether oxygens (including phenoxy) is 1. The Labute approximate surface area is 90.2 Å². The molecule has 0 bridgehead atoms. The molecule has 1 rings (SSSR count). The van der Waals surface area contributed by atoms with Gasteiger partial charge < -0.3 is 4.74 Å². The lowest BCUT2D eigenvalue weighted by Gasteiger charge is -2.39. The predicted octanol–water partition coefficient (Wildman–Crippen LogP) is 1.38. The molecule has 0 saturated carbocycles. The van der Waals surface area contributed by atoms with Crippen LogP contribution in [0.2, 0.25) is 0 Å². The normalized spacial score (nSPS) is 24.3. The maximum absolute atomic E-state index is 11.4. The van der Waals surface area contributed by atoms with Gasteiger partial charge in [0.1, 0.15) is 6.04 Å². The van der Waals surface area contributed by atoms with E-state index in [0.717, 1.165) is 18.8 Å². The fourth-order valence-electron chi connectivity index (χ4n) is 1.70. The average molecular weight is 217 g/mol. The first kappa shape index (κ1) is 11.9. The second kappa shape index (κ2) is 4.53. The van der Waals surface area contributed by atoms with Crippen molar-refractivity contribution in [3.8, 4) is 0 Å². The van der Waals surface area contributed by atoms with E-state index >= 15 is 0 Å². The van der Waals surface area contributed by atoms with E-state index in [9.17, 15) is 4.79 Å². The first-order valence-corrected chi connectivity index (χ1v) is 5.91. The number of rotatable bonds is 2. The summed E-state index contributed by atoms with van der Waals surface area (Å²) < 4.78 is 5.00. The van der Waals surface area contributed by atoms with Crippen LogP contribution < -0.4 is 0 Å². The van der Waals surface area contributed by atoms with Gasteiger partial charge in [0, 0.05) is 23.6 Å². The molecule has 0 amide bonds. The van der Waals surface area contributed by atoms with Crippen LogP contribution in [-0.4, -0.2) is 47.6 Å². The molecule has 1 unspecified atom stereocenters. The molecule has 0 aromatic carbocycles. The van der Waals surface area contributed by atoms with Gasteiger partial charge in [0.25, 0.3) is 0 Å². The second-order valence-electron chi connectivity index (χ2n) is 4.28. The van der Waals surface area contributed by atoms with Gasteiger partial charge in [-0.05, 0) is 20.8 Å². The van der Waals surface area contributed by atoms with Gasteiger partial charge in [-0.15, -0.1) is 0 Å². The summed E-state index contributed by atoms with van der Waals surface area (Å²) in [6.45, 7) is 8.28. The quantitative estimate of drug-likeness (QED) is 0.654. The number of carbonyl (C=O) groups is 1. The maximum Gasteiger partial charge on any atom is 0.322 e. The van der Waals surface area contributed by atoms with Gasteiger partial charge >= 0.3 is 5.97 Å². The summed E-state index contributed by atoms with van der Waals surface area (Å²) in [5.41, 5.74) is 0. The van der Waals surface area contributed by atoms with Crippen LogP contribution in [0.5, 0.6) is 0 Å². The Morgan fingerprint density at radius 2 is 2.21 bits per heavy atom. The fourth-order valence-corrected chi connectivity index (χ4v) is 2.84. The lowest BCUT2D eigenvalue weighted by molar-refractivity contribution is -0.146. The smallest absolute Gasteiger partial charge is 0.322 e. The van der Waals surface area contributed by atoms with E-state index in [1.165, 1.54) is 7.11 Å². The van der Waals surface area contributed by atoms with Crippen molar-refractivity contribution >= 4 is 17.7 Å². The van der Waals surface area contributed by atoms with Gasteiger partial charge in [-0.2, -0.15) is 11.8 Å². The molecule has 1 saturated heterocycles. The van der Waals surface area contributed by atoms with Crippen LogP contribution in [0, 0.1) is 0 Å². The zero-order valence-electron chi connectivity index (χ0n) is 9.37. The van der Waals surface area contributed by atoms with E-state index in [0.29, 0.717) is 0 Å². The number of esters is 1. The first-order valence-electron chi connectivity index (χ1n) is 4.92. The molecule has 1 aliphatic rings. The van der Waals surface area contributed by atoms with Gasteiger partial charge in [-0.25, -0.2) is 0 Å². The van der Waals surface area contributed by atoms with Crippen LogP contribution in [-0.2, 0) is 9.53 Å². The Morgan fingerprint density at radius 3 is 2.71 bits per heavy atom. The largest absolute Gasteiger partial charge is 0.468 e. The highest BCUT2D eigenvalue weighted by molar-refractivity contribution is 8.00. The molecule has 14 heavy (non-hydrogen) atoms. The lowest BCUT2D eigenvalue weighted by Crippen LogP contribution is -2.50. The number of hydrogen-bond acceptors (Lipinski definition) is 4. The summed E-state index contributed by atoms with van der Waals surface area (Å²) in [5, 5.41) is 0. The molecule has 0 aromatic rings. The molecule has 0 radical (unpaired) electrons. The molecule has 1 heterocycles. The average Bonchev–Trinajstić information content (AvgIpc) is 2.14. The van der Waals surface area contributed by atoms with Crippen molar-refractivity contribution in [1.29, 1.82) is 0 Å². The summed E-state index contributed by atoms with van der Waals surface area (Å²) in [7, 11) is 1.45. The third-order valence-corrected chi connectivity index (χ3v) is 3.84. The van der Waals surface area contributed by atoms with Crippen LogP contribution in [0.1, 0.15) is 20.8 Å². The summed E-state index contributed by atoms with van der Waals surface area (Å²) in [5.74, 6) is 0.960. The Hall–Kier alpha value is -0.220. The molecule has 0 aliphatic carbocycles. The summed E-state index contributed by atoms with van der Waals surface area (Å²) in [6.07, 6.45) is 0. The maximum atomic E-state index is 11.4. The van der Waals surface area contributed by atoms with Crippen molar-refractivity contribution in [2.75, 3.05) is 26.0 Å². The van der Waals surface area contributed by atoms with Crippen molar-refractivity contribution < 1.29 is 9.53 Å². The third-order valence-electron chi connectivity index (χ3n) is 2.55. The van der Waals surface area contributed by atoms with Crippen LogP contribution >= 0.6 is 11.8 Å². The summed E-state index contributed by atoms with van der Waals surface area (Å²) in [6, 6.07) is -0.111. The molecule has 3 nitrogen and oxygen atoms in total. The minimum absolute atomic E-state index is 0.111. The molecular formula is C10H19NO2S. The zero-order chi connectivity index (χ0) is 10.8. The lowest BCUT2D eigenvalue weighted by atomic mass is 10.1. The van der Waals surface area contributed by atoms with Crippen molar-refractivity contribution in [3.05, 3.63) is 0 Å². The summed E-state index contributed by atoms with van der Waals surface area (Å²) in [4.78, 5) is 13.5. The molecule has 0 spiro atoms. The molecule has 82 valence electrons. The second-order valence-corrected chi connectivity index (χ2v) is 6.08. The topological polar surface area (TPSA) is 29.5 Å². The van der Waals surface area contributed by atoms with Gasteiger partial charge in [0.2, 0.25) is 0 Å². The number of hydrogen-bond donors (Lipinski definition) is 0. The SMILES string of the molecule is COC(=O)C(C)N1CCSC(C)(C)C1. The van der Waals surface area contributed by atoms with Crippen molar-refractivity contribution in [3.63, 3.8) is 0 Å². The van der Waals surface area contributed by atoms with Crippen LogP contribution in [0.25, 0.3) is 0 Å². The Kier molecular flexibility index (Phi) is 3.84. The molecule has 1 atom stereocenters. The third kappa shape index (κ3) is 2.89. The van der Waals surface area contributed by atoms with Gasteiger partial charge in [0.05, 0.1) is 7.11 Å². The Balaban J connectivity index is 2.56. The minimum Gasteiger partial charge on any atom is -0.468 e. The predicted molar refractivity (Wildman–Crippen MR) is 59.6 cm³/mol. The molecule has 4 heteroatoms. The van der Waals surface area contributed by atoms with E-state index in [1.807, 2.05) is 18.7 Å². The fraction of sp³-hybridized carbons (Fsp3) is 0.900. The van der Waals surface area contributed by atoms with Crippen molar-refractivity contribution in [1.82, 2.24) is 4.90 Å². The number of methoxy groups -OCH3 is 1. The molecule has 0 N–H and O–H groups in total. The van der Waals surface area contributed by atoms with Crippen LogP contribution in [0.4, 0.5) is 0 Å². The van der Waals surface area contributed by atoms with Crippen LogP contribution in [0.3, 0.4) is 0 Å². The molecule has 0 aromatic heterocycles. The first-order chi connectivity index (χ1) is 6.46. The van der Waals surface area contributed by atoms with Crippen molar-refractivity contribution in [2.45, 2.75) is 31.6 Å². The number of nitrogens with zero attached hydrogens (tertiary/aromatic N) is 1. The molecule has 1 fully saturated rings. The monoisotopic (exact) mass is 217 g/mol. The highest BCUT2D eigenvalue weighted by Crippen LogP contribution is 2.30. The molecular weight excluding hydrogens is 198 g/mol. The standard InChI is InChI=1S/C10H19NO2S/c1-8(9(12)13-4)11-5-6-14-10(2,3)7-11/h8H,5-7H2,1-4H3. The highest BCUT2D eigenvalue weighted by atomic mass is 32.2. The number of thioether (sulfide) groups is 1. The Morgan fingerprint density at radius 1 is 1.57 bits per heavy atom. The summed E-state index contributed by atoms with van der Waals surface area (Å²) >= 11 is 1.97. The number of carbonyl (C=O) groups excluding carboxylic acids is 1. The van der Waals surface area contributed by atoms with Gasteiger partial charge in [0.15, 0.2) is 0 Å². The highest BCUT2D eigenvalue weighted by Gasteiger charge is 2.32. The van der Waals surface area contributed by atoms with E-state index in [4.69, 9.17) is 4.74 Å². The molecule has 1 aliphatic heterocycles. The zero-order valence-corrected chi connectivity index (χ0v) is 10.2. The van der Waals surface area contributed by atoms with E-state index < -0.39 is 0 Å². The van der Waals surface area contributed by atoms with E-state index in [2.05, 4.69) is 18.7 Å². The van der Waals surface area contributed by atoms with E-state index in [-0.39, 0.29) is 16.8 Å². The van der Waals surface area contributed by atoms with E-state index in [1.54, 1.807) is 0 Å². The van der Waals surface area contributed by atoms with Crippen LogP contribution in [0.15, 0.2) is 0 Å². The van der Waals surface area contributed by atoms with Crippen molar-refractivity contribution in [2.24, 2.45) is 0 Å². The van der Waals surface area contributed by atoms with Gasteiger partial charge in [-0.3, -0.25) is 9.69 Å².